The van der Waals surface area contributed by atoms with Crippen molar-refractivity contribution >= 4 is 34.3 Å². The van der Waals surface area contributed by atoms with Gasteiger partial charge >= 0.3 is 0 Å². The molecule has 2 rings (SSSR count). The van der Waals surface area contributed by atoms with Crippen molar-refractivity contribution in [3.8, 4) is 0 Å². The van der Waals surface area contributed by atoms with Crippen molar-refractivity contribution in [2.24, 2.45) is 0 Å². The minimum Gasteiger partial charge on any atom is -0.397 e. The predicted molar refractivity (Wildman–Crippen MR) is 81.7 cm³/mol. The second-order valence-electron chi connectivity index (χ2n) is 4.95. The van der Waals surface area contributed by atoms with Gasteiger partial charge in [0.05, 0.1) is 11.4 Å². The Morgan fingerprint density at radius 3 is 2.78 bits per heavy atom. The molecule has 0 aliphatic carbocycles. The van der Waals surface area contributed by atoms with Crippen LogP contribution in [-0.4, -0.2) is 6.54 Å². The molecule has 2 aromatic rings. The van der Waals surface area contributed by atoms with Gasteiger partial charge in [0.15, 0.2) is 0 Å². The van der Waals surface area contributed by atoms with Gasteiger partial charge < -0.3 is 11.1 Å². The van der Waals surface area contributed by atoms with Crippen molar-refractivity contribution in [2.45, 2.75) is 19.3 Å². The third-order valence-corrected chi connectivity index (χ3v) is 4.40. The lowest BCUT2D eigenvalue weighted by molar-refractivity contribution is 0.569. The van der Waals surface area contributed by atoms with E-state index < -0.39 is 0 Å². The summed E-state index contributed by atoms with van der Waals surface area (Å²) in [6, 6.07) is 9.72. The Labute approximate surface area is 117 Å². The lowest BCUT2D eigenvalue weighted by atomic mass is 9.91. The van der Waals surface area contributed by atoms with E-state index in [0.29, 0.717) is 5.02 Å². The van der Waals surface area contributed by atoms with Crippen LogP contribution in [0.25, 0.3) is 0 Å². The number of rotatable bonds is 4. The summed E-state index contributed by atoms with van der Waals surface area (Å²) < 4.78 is 0. The van der Waals surface area contributed by atoms with Crippen molar-refractivity contribution in [2.75, 3.05) is 17.6 Å². The van der Waals surface area contributed by atoms with Gasteiger partial charge in [-0.2, -0.15) is 0 Å². The molecule has 4 heteroatoms. The molecule has 0 radical (unpaired) electrons. The van der Waals surface area contributed by atoms with Crippen LogP contribution in [0.1, 0.15) is 18.7 Å². The quantitative estimate of drug-likeness (QED) is 0.816. The summed E-state index contributed by atoms with van der Waals surface area (Å²) in [6.45, 7) is 5.25. The Bertz CT molecular complexity index is 521. The van der Waals surface area contributed by atoms with Gasteiger partial charge in [0.2, 0.25) is 0 Å². The fourth-order valence-corrected chi connectivity index (χ4v) is 2.77. The van der Waals surface area contributed by atoms with E-state index in [2.05, 4.69) is 36.7 Å². The molecule has 0 saturated carbocycles. The molecule has 0 unspecified atom stereocenters. The van der Waals surface area contributed by atoms with Crippen LogP contribution in [0, 0.1) is 0 Å². The first-order valence-corrected chi connectivity index (χ1v) is 7.08. The molecule has 0 fully saturated rings. The maximum Gasteiger partial charge on any atom is 0.0589 e. The fourth-order valence-electron chi connectivity index (χ4n) is 1.75. The van der Waals surface area contributed by atoms with E-state index in [1.165, 1.54) is 4.88 Å². The zero-order valence-electron chi connectivity index (χ0n) is 10.5. The average Bonchev–Trinajstić information content (AvgIpc) is 2.85. The standard InChI is InChI=1S/C14H17ClN2S/c1-14(2,13-4-3-7-18-13)9-17-12-8-10(15)5-6-11(12)16/h3-8,17H,9,16H2,1-2H3. The van der Waals surface area contributed by atoms with E-state index in [9.17, 15) is 0 Å². The van der Waals surface area contributed by atoms with Crippen LogP contribution in [0.3, 0.4) is 0 Å². The number of nitrogen functional groups attached to an aromatic ring is 1. The molecule has 0 spiro atoms. The van der Waals surface area contributed by atoms with Gasteiger partial charge in [-0.25, -0.2) is 0 Å². The van der Waals surface area contributed by atoms with Gasteiger partial charge in [0, 0.05) is 21.9 Å². The Kier molecular flexibility index (Phi) is 3.83. The maximum absolute atomic E-state index is 5.97. The monoisotopic (exact) mass is 280 g/mol. The Hall–Kier alpha value is -1.19. The SMILES string of the molecule is CC(C)(CNc1cc(Cl)ccc1N)c1cccs1. The molecule has 0 amide bonds. The number of benzene rings is 1. The summed E-state index contributed by atoms with van der Waals surface area (Å²) in [4.78, 5) is 1.36. The van der Waals surface area contributed by atoms with Crippen molar-refractivity contribution in [3.63, 3.8) is 0 Å². The molecule has 0 aliphatic heterocycles. The summed E-state index contributed by atoms with van der Waals surface area (Å²) in [5, 5.41) is 6.18. The first kappa shape index (κ1) is 13.2. The normalized spacial score (nSPS) is 11.5. The van der Waals surface area contributed by atoms with Gasteiger partial charge in [0.1, 0.15) is 0 Å². The molecule has 1 aromatic carbocycles. The van der Waals surface area contributed by atoms with E-state index in [1.54, 1.807) is 17.4 Å². The van der Waals surface area contributed by atoms with E-state index in [-0.39, 0.29) is 5.41 Å². The number of hydrogen-bond donors (Lipinski definition) is 2. The van der Waals surface area contributed by atoms with Crippen LogP contribution in [0.2, 0.25) is 5.02 Å². The molecule has 3 N–H and O–H groups in total. The van der Waals surface area contributed by atoms with Crippen LogP contribution in [-0.2, 0) is 5.41 Å². The van der Waals surface area contributed by atoms with Crippen molar-refractivity contribution in [3.05, 3.63) is 45.6 Å². The number of hydrogen-bond acceptors (Lipinski definition) is 3. The van der Waals surface area contributed by atoms with E-state index >= 15 is 0 Å². The smallest absolute Gasteiger partial charge is 0.0589 e. The molecule has 0 bridgehead atoms. The summed E-state index contributed by atoms with van der Waals surface area (Å²) >= 11 is 7.75. The minimum atomic E-state index is 0.0723. The van der Waals surface area contributed by atoms with Crippen LogP contribution in [0.5, 0.6) is 0 Å². The largest absolute Gasteiger partial charge is 0.397 e. The minimum absolute atomic E-state index is 0.0723. The highest BCUT2D eigenvalue weighted by Crippen LogP contribution is 2.29. The van der Waals surface area contributed by atoms with Crippen LogP contribution in [0.15, 0.2) is 35.7 Å². The highest BCUT2D eigenvalue weighted by Gasteiger charge is 2.21. The Morgan fingerprint density at radius 2 is 2.11 bits per heavy atom. The molecule has 0 atom stereocenters. The highest BCUT2D eigenvalue weighted by molar-refractivity contribution is 7.10. The molecule has 0 saturated heterocycles. The van der Waals surface area contributed by atoms with Gasteiger partial charge in [0.25, 0.3) is 0 Å². The maximum atomic E-state index is 5.97. The number of nitrogens with one attached hydrogen (secondary N) is 1. The number of anilines is 2. The predicted octanol–water partition coefficient (Wildman–Crippen LogP) is 4.37. The van der Waals surface area contributed by atoms with Crippen molar-refractivity contribution < 1.29 is 0 Å². The zero-order chi connectivity index (χ0) is 13.2. The molecular formula is C14H17ClN2S. The zero-order valence-corrected chi connectivity index (χ0v) is 12.1. The van der Waals surface area contributed by atoms with Crippen molar-refractivity contribution in [1.29, 1.82) is 0 Å². The second-order valence-corrected chi connectivity index (χ2v) is 6.33. The number of halogens is 1. The average molecular weight is 281 g/mol. The van der Waals surface area contributed by atoms with E-state index in [0.717, 1.165) is 17.9 Å². The molecule has 1 heterocycles. The molecule has 18 heavy (non-hydrogen) atoms. The van der Waals surface area contributed by atoms with E-state index in [4.69, 9.17) is 17.3 Å². The molecule has 96 valence electrons. The third kappa shape index (κ3) is 2.98. The first-order chi connectivity index (χ1) is 8.49. The summed E-state index contributed by atoms with van der Waals surface area (Å²) in [5.74, 6) is 0. The van der Waals surface area contributed by atoms with Gasteiger partial charge in [-0.05, 0) is 29.6 Å². The van der Waals surface area contributed by atoms with Crippen LogP contribution in [0.4, 0.5) is 11.4 Å². The second kappa shape index (κ2) is 5.21. The number of thiophene rings is 1. The number of nitrogens with two attached hydrogens (primary N) is 1. The lowest BCUT2D eigenvalue weighted by Crippen LogP contribution is -2.26. The van der Waals surface area contributed by atoms with Crippen LogP contribution < -0.4 is 11.1 Å². The molecule has 1 aromatic heterocycles. The third-order valence-electron chi connectivity index (χ3n) is 2.92. The van der Waals surface area contributed by atoms with E-state index in [1.807, 2.05) is 12.1 Å². The molecule has 0 aliphatic rings. The van der Waals surface area contributed by atoms with Gasteiger partial charge in [-0.15, -0.1) is 11.3 Å². The van der Waals surface area contributed by atoms with Gasteiger partial charge in [-0.3, -0.25) is 0 Å². The first-order valence-electron chi connectivity index (χ1n) is 5.82. The Morgan fingerprint density at radius 1 is 1.33 bits per heavy atom. The van der Waals surface area contributed by atoms with Crippen molar-refractivity contribution in [1.82, 2.24) is 0 Å². The van der Waals surface area contributed by atoms with Crippen LogP contribution >= 0.6 is 22.9 Å². The highest BCUT2D eigenvalue weighted by atomic mass is 35.5. The fraction of sp³-hybridized carbons (Fsp3) is 0.286. The summed E-state index contributed by atoms with van der Waals surface area (Å²) in [6.07, 6.45) is 0. The summed E-state index contributed by atoms with van der Waals surface area (Å²) in [5.41, 5.74) is 7.61. The molecule has 2 nitrogen and oxygen atoms in total. The summed E-state index contributed by atoms with van der Waals surface area (Å²) in [7, 11) is 0. The van der Waals surface area contributed by atoms with Gasteiger partial charge in [-0.1, -0.05) is 31.5 Å². The molecular weight excluding hydrogens is 264 g/mol. The Balaban J connectivity index is 2.09. The topological polar surface area (TPSA) is 38.0 Å². The lowest BCUT2D eigenvalue weighted by Gasteiger charge is -2.24.